The highest BCUT2D eigenvalue weighted by Crippen LogP contribution is 2.36. The summed E-state index contributed by atoms with van der Waals surface area (Å²) in [7, 11) is 0. The number of amides is 1. The number of ether oxygens (including phenoxy) is 1. The van der Waals surface area contributed by atoms with Gasteiger partial charge >= 0.3 is 12.1 Å². The van der Waals surface area contributed by atoms with Crippen molar-refractivity contribution in [1.82, 2.24) is 5.32 Å². The second-order valence-electron chi connectivity index (χ2n) is 6.48. The molecule has 0 saturated heterocycles. The van der Waals surface area contributed by atoms with Crippen LogP contribution in [-0.4, -0.2) is 30.1 Å². The predicted molar refractivity (Wildman–Crippen MR) is 111 cm³/mol. The van der Waals surface area contributed by atoms with Gasteiger partial charge in [-0.25, -0.2) is 0 Å². The standard InChI is InChI=1S/C20H19Cl2F3N2O4/c1-2-3-26-14-5-11(4-13(8-14)20(23,24)25)10-31-18-15(21)6-12(7-16(18)22)19(30)27-9-17(28)29/h4-8,26H,2-3,9-10H2,1H3,(H,27,30)(H,28,29). The fraction of sp³-hybridized carbons (Fsp3) is 0.300. The second kappa shape index (κ2) is 10.6. The summed E-state index contributed by atoms with van der Waals surface area (Å²) in [6, 6.07) is 5.96. The third-order valence-electron chi connectivity index (χ3n) is 3.94. The Labute approximate surface area is 186 Å². The van der Waals surface area contributed by atoms with Crippen molar-refractivity contribution < 1.29 is 32.6 Å². The molecule has 0 fully saturated rings. The fourth-order valence-corrected chi connectivity index (χ4v) is 3.15. The Morgan fingerprint density at radius 3 is 2.29 bits per heavy atom. The van der Waals surface area contributed by atoms with Crippen LogP contribution in [0, 0.1) is 0 Å². The first-order valence-electron chi connectivity index (χ1n) is 9.08. The number of carbonyl (C=O) groups excluding carboxylic acids is 1. The van der Waals surface area contributed by atoms with E-state index in [0.717, 1.165) is 18.6 Å². The number of carboxylic acids is 1. The van der Waals surface area contributed by atoms with Gasteiger partial charge in [0.2, 0.25) is 0 Å². The third kappa shape index (κ3) is 7.22. The molecule has 6 nitrogen and oxygen atoms in total. The number of rotatable bonds is 9. The third-order valence-corrected chi connectivity index (χ3v) is 4.50. The largest absolute Gasteiger partial charge is 0.486 e. The maximum absolute atomic E-state index is 13.2. The molecule has 3 N–H and O–H groups in total. The first kappa shape index (κ1) is 24.6. The van der Waals surface area contributed by atoms with Crippen LogP contribution in [0.4, 0.5) is 18.9 Å². The van der Waals surface area contributed by atoms with E-state index in [-0.39, 0.29) is 33.5 Å². The number of aliphatic carboxylic acids is 1. The van der Waals surface area contributed by atoms with Gasteiger partial charge in [0.25, 0.3) is 5.91 Å². The number of benzene rings is 2. The molecule has 0 radical (unpaired) electrons. The number of anilines is 1. The number of alkyl halides is 3. The Hall–Kier alpha value is -2.65. The van der Waals surface area contributed by atoms with E-state index < -0.39 is 30.2 Å². The molecular formula is C20H19Cl2F3N2O4. The molecule has 0 spiro atoms. The molecule has 0 aliphatic rings. The molecule has 2 aromatic carbocycles. The van der Waals surface area contributed by atoms with Crippen LogP contribution in [0.1, 0.15) is 34.8 Å². The molecule has 0 saturated carbocycles. The molecular weight excluding hydrogens is 460 g/mol. The van der Waals surface area contributed by atoms with E-state index in [1.54, 1.807) is 0 Å². The van der Waals surface area contributed by atoms with E-state index in [2.05, 4.69) is 10.6 Å². The minimum absolute atomic E-state index is 0.00807. The summed E-state index contributed by atoms with van der Waals surface area (Å²) in [5.74, 6) is -1.94. The summed E-state index contributed by atoms with van der Waals surface area (Å²) in [6.07, 6.45) is -3.79. The zero-order valence-corrected chi connectivity index (χ0v) is 17.8. The van der Waals surface area contributed by atoms with E-state index in [0.29, 0.717) is 12.2 Å². The number of halogens is 5. The predicted octanol–water partition coefficient (Wildman–Crippen LogP) is 5.23. The van der Waals surface area contributed by atoms with Gasteiger partial charge in [-0.1, -0.05) is 30.1 Å². The lowest BCUT2D eigenvalue weighted by molar-refractivity contribution is -0.138. The summed E-state index contributed by atoms with van der Waals surface area (Å²) >= 11 is 12.2. The lowest BCUT2D eigenvalue weighted by Gasteiger charge is -2.15. The number of carbonyl (C=O) groups is 2. The quantitative estimate of drug-likeness (QED) is 0.459. The van der Waals surface area contributed by atoms with Gasteiger partial charge in [-0.05, 0) is 42.3 Å². The van der Waals surface area contributed by atoms with Crippen molar-refractivity contribution in [3.63, 3.8) is 0 Å². The molecule has 0 atom stereocenters. The molecule has 1 amide bonds. The summed E-state index contributed by atoms with van der Waals surface area (Å²) in [6.45, 7) is 1.55. The van der Waals surface area contributed by atoms with E-state index in [1.165, 1.54) is 18.2 Å². The molecule has 2 rings (SSSR count). The molecule has 0 aliphatic carbocycles. The average molecular weight is 479 g/mol. The average Bonchev–Trinajstić information content (AvgIpc) is 2.68. The minimum atomic E-state index is -4.53. The normalized spacial score (nSPS) is 11.2. The molecule has 168 valence electrons. The molecule has 11 heteroatoms. The van der Waals surface area contributed by atoms with Crippen LogP contribution < -0.4 is 15.4 Å². The number of hydrogen-bond acceptors (Lipinski definition) is 4. The van der Waals surface area contributed by atoms with Crippen molar-refractivity contribution in [3.8, 4) is 5.75 Å². The summed E-state index contributed by atoms with van der Waals surface area (Å²) < 4.78 is 45.2. The molecule has 2 aromatic rings. The fourth-order valence-electron chi connectivity index (χ4n) is 2.55. The van der Waals surface area contributed by atoms with Crippen LogP contribution in [0.2, 0.25) is 10.0 Å². The highest BCUT2D eigenvalue weighted by Gasteiger charge is 2.31. The van der Waals surface area contributed by atoms with Gasteiger partial charge in [-0.3, -0.25) is 9.59 Å². The van der Waals surface area contributed by atoms with E-state index in [9.17, 15) is 22.8 Å². The van der Waals surface area contributed by atoms with Crippen LogP contribution in [0.3, 0.4) is 0 Å². The van der Waals surface area contributed by atoms with Gasteiger partial charge in [0.05, 0.1) is 15.6 Å². The Morgan fingerprint density at radius 1 is 1.10 bits per heavy atom. The lowest BCUT2D eigenvalue weighted by Crippen LogP contribution is -2.29. The highest BCUT2D eigenvalue weighted by molar-refractivity contribution is 6.37. The van der Waals surface area contributed by atoms with Gasteiger partial charge < -0.3 is 20.5 Å². The van der Waals surface area contributed by atoms with Crippen molar-refractivity contribution >= 4 is 40.8 Å². The van der Waals surface area contributed by atoms with E-state index in [4.69, 9.17) is 33.0 Å². The van der Waals surface area contributed by atoms with Crippen molar-refractivity contribution in [2.24, 2.45) is 0 Å². The van der Waals surface area contributed by atoms with Crippen molar-refractivity contribution in [2.45, 2.75) is 26.1 Å². The van der Waals surface area contributed by atoms with Crippen molar-refractivity contribution in [1.29, 1.82) is 0 Å². The van der Waals surface area contributed by atoms with Gasteiger partial charge in [0.1, 0.15) is 13.2 Å². The van der Waals surface area contributed by atoms with Crippen LogP contribution in [-0.2, 0) is 17.6 Å². The van der Waals surface area contributed by atoms with Crippen molar-refractivity contribution in [3.05, 3.63) is 57.1 Å². The molecule has 0 unspecified atom stereocenters. The maximum Gasteiger partial charge on any atom is 0.416 e. The van der Waals surface area contributed by atoms with Gasteiger partial charge in [-0.15, -0.1) is 0 Å². The first-order valence-corrected chi connectivity index (χ1v) is 9.83. The van der Waals surface area contributed by atoms with Crippen molar-refractivity contribution in [2.75, 3.05) is 18.4 Å². The van der Waals surface area contributed by atoms with E-state index in [1.807, 2.05) is 6.92 Å². The molecule has 0 aromatic heterocycles. The lowest BCUT2D eigenvalue weighted by atomic mass is 10.1. The Morgan fingerprint density at radius 2 is 1.74 bits per heavy atom. The molecule has 0 heterocycles. The molecule has 0 bridgehead atoms. The zero-order chi connectivity index (χ0) is 23.2. The monoisotopic (exact) mass is 478 g/mol. The summed E-state index contributed by atoms with van der Waals surface area (Å²) in [4.78, 5) is 22.5. The Balaban J connectivity index is 2.22. The Kier molecular flexibility index (Phi) is 8.41. The zero-order valence-electron chi connectivity index (χ0n) is 16.3. The van der Waals surface area contributed by atoms with Crippen LogP contribution in [0.15, 0.2) is 30.3 Å². The SMILES string of the molecule is CCCNc1cc(COc2c(Cl)cc(C(=O)NCC(=O)O)cc2Cl)cc(C(F)(F)F)c1. The first-order chi connectivity index (χ1) is 14.5. The van der Waals surface area contributed by atoms with Gasteiger partial charge in [0.15, 0.2) is 5.75 Å². The van der Waals surface area contributed by atoms with Gasteiger partial charge in [0, 0.05) is 17.8 Å². The highest BCUT2D eigenvalue weighted by atomic mass is 35.5. The van der Waals surface area contributed by atoms with Crippen LogP contribution >= 0.6 is 23.2 Å². The number of carboxylic acid groups (broad SMARTS) is 1. The Bertz CT molecular complexity index is 945. The molecule has 0 aliphatic heterocycles. The summed E-state index contributed by atoms with van der Waals surface area (Å²) in [5, 5.41) is 13.6. The van der Waals surface area contributed by atoms with Gasteiger partial charge in [-0.2, -0.15) is 13.2 Å². The van der Waals surface area contributed by atoms with Crippen LogP contribution in [0.25, 0.3) is 0 Å². The molecule has 31 heavy (non-hydrogen) atoms. The number of nitrogens with one attached hydrogen (secondary N) is 2. The second-order valence-corrected chi connectivity index (χ2v) is 7.29. The smallest absolute Gasteiger partial charge is 0.416 e. The topological polar surface area (TPSA) is 87.7 Å². The minimum Gasteiger partial charge on any atom is -0.486 e. The van der Waals surface area contributed by atoms with E-state index >= 15 is 0 Å². The number of hydrogen-bond donors (Lipinski definition) is 3. The maximum atomic E-state index is 13.2. The van der Waals surface area contributed by atoms with Crippen LogP contribution in [0.5, 0.6) is 5.75 Å². The summed E-state index contributed by atoms with van der Waals surface area (Å²) in [5.41, 5.74) is -0.273.